The van der Waals surface area contributed by atoms with Crippen molar-refractivity contribution in [3.63, 3.8) is 0 Å². The highest BCUT2D eigenvalue weighted by Gasteiger charge is 2.40. The van der Waals surface area contributed by atoms with Gasteiger partial charge in [-0.3, -0.25) is 14.5 Å². The number of hydrogen-bond donors (Lipinski definition) is 1. The highest BCUT2D eigenvalue weighted by atomic mass is 35.5. The molecule has 1 aliphatic rings. The molecule has 5 nitrogen and oxygen atoms in total. The van der Waals surface area contributed by atoms with E-state index in [-0.39, 0.29) is 17.6 Å². The molecule has 0 aliphatic carbocycles. The molecule has 1 N–H and O–H groups in total. The summed E-state index contributed by atoms with van der Waals surface area (Å²) in [5.74, 6) is -0.127. The van der Waals surface area contributed by atoms with Crippen LogP contribution in [0.2, 0.25) is 5.02 Å². The van der Waals surface area contributed by atoms with E-state index in [9.17, 15) is 9.59 Å². The van der Waals surface area contributed by atoms with E-state index in [0.29, 0.717) is 17.3 Å². The normalized spacial score (nSPS) is 15.8. The first-order valence-electron chi connectivity index (χ1n) is 11.1. The summed E-state index contributed by atoms with van der Waals surface area (Å²) in [6, 6.07) is 22.4. The second-order valence-electron chi connectivity index (χ2n) is 8.34. The summed E-state index contributed by atoms with van der Waals surface area (Å²) in [4.78, 5) is 29.1. The van der Waals surface area contributed by atoms with Gasteiger partial charge in [0.25, 0.3) is 0 Å². The van der Waals surface area contributed by atoms with Gasteiger partial charge in [-0.25, -0.2) is 0 Å². The van der Waals surface area contributed by atoms with Gasteiger partial charge in [0.15, 0.2) is 0 Å². The van der Waals surface area contributed by atoms with Gasteiger partial charge in [-0.05, 0) is 36.2 Å². The number of carbonyl (C=O) groups excluding carboxylic acids is 2. The number of hydrogen-bond acceptors (Lipinski definition) is 3. The van der Waals surface area contributed by atoms with Crippen molar-refractivity contribution in [1.82, 2.24) is 9.88 Å². The number of halogens is 1. The van der Waals surface area contributed by atoms with Crippen LogP contribution in [-0.4, -0.2) is 22.1 Å². The molecule has 0 saturated carbocycles. The molecular formula is C27H24ClN3O2S. The Morgan fingerprint density at radius 1 is 1.06 bits per heavy atom. The van der Waals surface area contributed by atoms with Crippen molar-refractivity contribution in [2.75, 3.05) is 10.7 Å². The van der Waals surface area contributed by atoms with Crippen LogP contribution in [0.25, 0.3) is 10.9 Å². The Kier molecular flexibility index (Phi) is 6.11. The van der Waals surface area contributed by atoms with Gasteiger partial charge in [0.05, 0.1) is 10.8 Å². The molecule has 7 heteroatoms. The fourth-order valence-electron chi connectivity index (χ4n) is 4.57. The summed E-state index contributed by atoms with van der Waals surface area (Å²) in [6.07, 6.45) is 0. The third-order valence-electron chi connectivity index (χ3n) is 6.28. The molecule has 0 unspecified atom stereocenters. The molecule has 0 bridgehead atoms. The second kappa shape index (κ2) is 9.20. The Balaban J connectivity index is 1.68. The van der Waals surface area contributed by atoms with Crippen LogP contribution in [0.4, 0.5) is 5.69 Å². The Hall–Kier alpha value is -3.22. The number of para-hydroxylation sites is 1. The first-order valence-corrected chi connectivity index (χ1v) is 12.4. The number of rotatable bonds is 4. The Labute approximate surface area is 207 Å². The van der Waals surface area contributed by atoms with E-state index >= 15 is 0 Å². The van der Waals surface area contributed by atoms with Crippen molar-refractivity contribution >= 4 is 51.8 Å². The third kappa shape index (κ3) is 3.87. The molecule has 172 valence electrons. The molecule has 0 radical (unpaired) electrons. The van der Waals surface area contributed by atoms with Crippen LogP contribution >= 0.6 is 23.4 Å². The number of benzene rings is 3. The average molecular weight is 490 g/mol. The maximum Gasteiger partial charge on any atom is 0.248 e. The molecule has 1 aromatic heterocycles. The van der Waals surface area contributed by atoms with E-state index in [1.54, 1.807) is 11.0 Å². The zero-order valence-corrected chi connectivity index (χ0v) is 20.5. The van der Waals surface area contributed by atoms with Crippen LogP contribution in [0.5, 0.6) is 0 Å². The smallest absolute Gasteiger partial charge is 0.248 e. The molecule has 2 amide bonds. The molecule has 5 rings (SSSR count). The van der Waals surface area contributed by atoms with Crippen LogP contribution in [0.3, 0.4) is 0 Å². The SMILES string of the molecule is Cc1c(Cl)cccc1N1C(=O)CSc2c(c3ccccc3n2C)[C@@H]1C(=O)NCc1ccccc1. The van der Waals surface area contributed by atoms with Gasteiger partial charge in [-0.1, -0.05) is 78.0 Å². The lowest BCUT2D eigenvalue weighted by atomic mass is 10.0. The van der Waals surface area contributed by atoms with Gasteiger partial charge in [0, 0.05) is 40.8 Å². The maximum absolute atomic E-state index is 13.9. The minimum absolute atomic E-state index is 0.129. The molecule has 1 atom stereocenters. The minimum atomic E-state index is -0.829. The van der Waals surface area contributed by atoms with Gasteiger partial charge in [0.2, 0.25) is 11.8 Å². The summed E-state index contributed by atoms with van der Waals surface area (Å²) < 4.78 is 2.08. The molecular weight excluding hydrogens is 466 g/mol. The lowest BCUT2D eigenvalue weighted by molar-refractivity contribution is -0.125. The van der Waals surface area contributed by atoms with E-state index in [4.69, 9.17) is 11.6 Å². The van der Waals surface area contributed by atoms with Gasteiger partial charge in [-0.15, -0.1) is 0 Å². The summed E-state index contributed by atoms with van der Waals surface area (Å²) in [7, 11) is 1.98. The third-order valence-corrected chi connectivity index (χ3v) is 7.85. The van der Waals surface area contributed by atoms with Crippen molar-refractivity contribution < 1.29 is 9.59 Å². The van der Waals surface area contributed by atoms with Gasteiger partial charge >= 0.3 is 0 Å². The Bertz CT molecular complexity index is 1400. The molecule has 0 saturated heterocycles. The second-order valence-corrected chi connectivity index (χ2v) is 9.71. The molecule has 0 fully saturated rings. The zero-order valence-electron chi connectivity index (χ0n) is 18.9. The number of aromatic nitrogens is 1. The maximum atomic E-state index is 13.9. The summed E-state index contributed by atoms with van der Waals surface area (Å²) in [5.41, 5.74) is 4.29. The van der Waals surface area contributed by atoms with Gasteiger partial charge < -0.3 is 9.88 Å². The standard InChI is InChI=1S/C27H24ClN3O2S/c1-17-20(28)12-8-14-21(17)31-23(32)16-34-27-24(19-11-6-7-13-22(19)30(27)2)25(31)26(33)29-15-18-9-4-3-5-10-18/h3-14,25H,15-16H2,1-2H3,(H,29,33)/t25-/m1/s1. The van der Waals surface area contributed by atoms with E-state index in [0.717, 1.165) is 32.6 Å². The van der Waals surface area contributed by atoms with Gasteiger partial charge in [0.1, 0.15) is 6.04 Å². The number of fused-ring (bicyclic) bond motifs is 3. The number of carbonyl (C=O) groups is 2. The summed E-state index contributed by atoms with van der Waals surface area (Å²) >= 11 is 7.91. The molecule has 3 aromatic carbocycles. The number of nitrogens with one attached hydrogen (secondary N) is 1. The summed E-state index contributed by atoms with van der Waals surface area (Å²) in [6.45, 7) is 2.26. The van der Waals surface area contributed by atoms with Crippen molar-refractivity contribution in [3.05, 3.63) is 94.5 Å². The van der Waals surface area contributed by atoms with Gasteiger partial charge in [-0.2, -0.15) is 0 Å². The number of nitrogens with zero attached hydrogens (tertiary/aromatic N) is 2. The van der Waals surface area contributed by atoms with E-state index in [2.05, 4.69) is 9.88 Å². The zero-order chi connectivity index (χ0) is 23.8. The highest BCUT2D eigenvalue weighted by Crippen LogP contribution is 2.44. The number of aryl methyl sites for hydroxylation is 1. The fourth-order valence-corrected chi connectivity index (χ4v) is 5.81. The number of anilines is 1. The van der Waals surface area contributed by atoms with E-state index in [1.165, 1.54) is 11.8 Å². The lowest BCUT2D eigenvalue weighted by Crippen LogP contribution is -2.44. The Morgan fingerprint density at radius 3 is 2.59 bits per heavy atom. The Morgan fingerprint density at radius 2 is 1.79 bits per heavy atom. The summed E-state index contributed by atoms with van der Waals surface area (Å²) in [5, 5.41) is 5.53. The fraction of sp³-hybridized carbons (Fsp3) is 0.185. The molecule has 0 spiro atoms. The van der Waals surface area contributed by atoms with E-state index < -0.39 is 6.04 Å². The lowest BCUT2D eigenvalue weighted by Gasteiger charge is -2.31. The van der Waals surface area contributed by atoms with Crippen LogP contribution in [0.15, 0.2) is 77.8 Å². The van der Waals surface area contributed by atoms with E-state index in [1.807, 2.05) is 80.7 Å². The number of amides is 2. The van der Waals surface area contributed by atoms with Crippen molar-refractivity contribution in [3.8, 4) is 0 Å². The van der Waals surface area contributed by atoms with Crippen LogP contribution in [0.1, 0.15) is 22.7 Å². The first kappa shape index (κ1) is 22.6. The topological polar surface area (TPSA) is 54.3 Å². The van der Waals surface area contributed by atoms with Crippen LogP contribution < -0.4 is 10.2 Å². The van der Waals surface area contributed by atoms with Crippen molar-refractivity contribution in [2.45, 2.75) is 24.5 Å². The molecule has 2 heterocycles. The van der Waals surface area contributed by atoms with Crippen LogP contribution in [0, 0.1) is 6.92 Å². The quantitative estimate of drug-likeness (QED) is 0.404. The highest BCUT2D eigenvalue weighted by molar-refractivity contribution is 8.00. The monoisotopic (exact) mass is 489 g/mol. The first-order chi connectivity index (χ1) is 16.5. The molecule has 1 aliphatic heterocycles. The number of thioether (sulfide) groups is 1. The minimum Gasteiger partial charge on any atom is -0.350 e. The van der Waals surface area contributed by atoms with Crippen molar-refractivity contribution in [1.29, 1.82) is 0 Å². The average Bonchev–Trinajstić information content (AvgIpc) is 3.03. The van der Waals surface area contributed by atoms with Crippen molar-refractivity contribution in [2.24, 2.45) is 7.05 Å². The largest absolute Gasteiger partial charge is 0.350 e. The predicted molar refractivity (Wildman–Crippen MR) is 138 cm³/mol. The predicted octanol–water partition coefficient (Wildman–Crippen LogP) is 5.64. The van der Waals surface area contributed by atoms with Crippen LogP contribution in [-0.2, 0) is 23.2 Å². The molecule has 34 heavy (non-hydrogen) atoms. The molecule has 4 aromatic rings.